The molecule has 0 aliphatic carbocycles. The number of aromatic amines is 1. The van der Waals surface area contributed by atoms with Gasteiger partial charge in [0, 0.05) is 16.7 Å². The molecule has 0 saturated carbocycles. The van der Waals surface area contributed by atoms with Crippen molar-refractivity contribution in [3.05, 3.63) is 137 Å². The number of carbonyl (C=O) groups excluding carboxylic acids is 2. The Morgan fingerprint density at radius 1 is 0.864 bits per heavy atom. The van der Waals surface area contributed by atoms with Crippen LogP contribution in [0.4, 0.5) is 8.78 Å². The molecule has 0 spiro atoms. The number of rotatable bonds is 12. The third-order valence-electron chi connectivity index (χ3n) is 6.76. The standard InChI is InChI=1S/C34H29F2N3O4S/c1-44-32-18-31(36)30(35)17-29(32)25-10-12-28(13-11-25)42-22-24-8-5-9-26(16-24)34(41)39(19-27-14-15-37-38-27)20-33(40)43-21-23-6-3-2-4-7-23/h2-18H,19-22H2,1H3,(H,37,38). The Bertz CT molecular complexity index is 1720. The van der Waals surface area contributed by atoms with Gasteiger partial charge in [0.15, 0.2) is 11.6 Å². The number of halogens is 2. The average Bonchev–Trinajstić information content (AvgIpc) is 3.57. The summed E-state index contributed by atoms with van der Waals surface area (Å²) in [7, 11) is 0. The minimum Gasteiger partial charge on any atom is -0.489 e. The van der Waals surface area contributed by atoms with Crippen LogP contribution >= 0.6 is 11.8 Å². The van der Waals surface area contributed by atoms with Crippen molar-refractivity contribution in [1.29, 1.82) is 0 Å². The first-order chi connectivity index (χ1) is 21.4. The largest absolute Gasteiger partial charge is 0.489 e. The summed E-state index contributed by atoms with van der Waals surface area (Å²) in [5.41, 5.74) is 3.98. The second-order valence-electron chi connectivity index (χ2n) is 9.87. The highest BCUT2D eigenvalue weighted by atomic mass is 32.2. The molecule has 0 aliphatic rings. The van der Waals surface area contributed by atoms with E-state index < -0.39 is 17.6 Å². The lowest BCUT2D eigenvalue weighted by Gasteiger charge is -2.21. The van der Waals surface area contributed by atoms with E-state index in [1.807, 2.05) is 36.4 Å². The van der Waals surface area contributed by atoms with E-state index in [0.29, 0.717) is 27.5 Å². The molecule has 0 radical (unpaired) electrons. The Labute approximate surface area is 257 Å². The van der Waals surface area contributed by atoms with E-state index in [1.165, 1.54) is 28.8 Å². The molecule has 5 aromatic rings. The molecule has 10 heteroatoms. The number of ether oxygens (including phenoxy) is 2. The molecular formula is C34H29F2N3O4S. The maximum atomic E-state index is 13.9. The average molecular weight is 614 g/mol. The molecule has 0 aliphatic heterocycles. The highest BCUT2D eigenvalue weighted by molar-refractivity contribution is 7.98. The Hall–Kier alpha value is -4.96. The SMILES string of the molecule is CSc1cc(F)c(F)cc1-c1ccc(OCc2cccc(C(=O)N(CC(=O)OCc3ccccc3)Cc3ccn[nH]3)c2)cc1. The molecule has 1 heterocycles. The van der Waals surface area contributed by atoms with E-state index in [2.05, 4.69) is 10.2 Å². The van der Waals surface area contributed by atoms with E-state index in [4.69, 9.17) is 9.47 Å². The van der Waals surface area contributed by atoms with Gasteiger partial charge in [0.25, 0.3) is 5.91 Å². The van der Waals surface area contributed by atoms with Gasteiger partial charge in [0.05, 0.1) is 12.2 Å². The number of carbonyl (C=O) groups is 2. The second-order valence-corrected chi connectivity index (χ2v) is 10.7. The topological polar surface area (TPSA) is 84.5 Å². The van der Waals surface area contributed by atoms with Crippen molar-refractivity contribution < 1.29 is 27.8 Å². The minimum absolute atomic E-state index is 0.110. The van der Waals surface area contributed by atoms with Crippen molar-refractivity contribution in [3.63, 3.8) is 0 Å². The van der Waals surface area contributed by atoms with E-state index in [1.54, 1.807) is 61.0 Å². The zero-order valence-electron chi connectivity index (χ0n) is 23.8. The Kier molecular flexibility index (Phi) is 10.0. The first kappa shape index (κ1) is 30.5. The summed E-state index contributed by atoms with van der Waals surface area (Å²) in [6.45, 7) is 0.191. The monoisotopic (exact) mass is 613 g/mol. The number of esters is 1. The van der Waals surface area contributed by atoms with Gasteiger partial charge < -0.3 is 14.4 Å². The van der Waals surface area contributed by atoms with Crippen LogP contribution in [0.2, 0.25) is 0 Å². The van der Waals surface area contributed by atoms with Gasteiger partial charge in [0.2, 0.25) is 0 Å². The van der Waals surface area contributed by atoms with Gasteiger partial charge in [0.1, 0.15) is 25.5 Å². The number of H-pyrrole nitrogens is 1. The van der Waals surface area contributed by atoms with Gasteiger partial charge in [-0.25, -0.2) is 8.78 Å². The number of amides is 1. The van der Waals surface area contributed by atoms with E-state index in [-0.39, 0.29) is 32.2 Å². The minimum atomic E-state index is -0.903. The van der Waals surface area contributed by atoms with Crippen LogP contribution in [0.25, 0.3) is 11.1 Å². The van der Waals surface area contributed by atoms with Crippen LogP contribution in [0.1, 0.15) is 27.2 Å². The lowest BCUT2D eigenvalue weighted by atomic mass is 10.1. The first-order valence-corrected chi connectivity index (χ1v) is 14.9. The number of nitrogens with one attached hydrogen (secondary N) is 1. The summed E-state index contributed by atoms with van der Waals surface area (Å²) in [5.74, 6) is -2.09. The summed E-state index contributed by atoms with van der Waals surface area (Å²) >= 11 is 1.34. The number of hydrogen-bond donors (Lipinski definition) is 1. The van der Waals surface area contributed by atoms with Crippen LogP contribution in [-0.2, 0) is 29.3 Å². The molecule has 0 fully saturated rings. The van der Waals surface area contributed by atoms with E-state index in [0.717, 1.165) is 16.7 Å². The van der Waals surface area contributed by atoms with Gasteiger partial charge >= 0.3 is 5.97 Å². The van der Waals surface area contributed by atoms with Crippen molar-refractivity contribution >= 4 is 23.6 Å². The van der Waals surface area contributed by atoms with Crippen molar-refractivity contribution in [3.8, 4) is 16.9 Å². The van der Waals surface area contributed by atoms with Crippen LogP contribution in [0, 0.1) is 11.6 Å². The number of thioether (sulfide) groups is 1. The maximum Gasteiger partial charge on any atom is 0.326 e. The smallest absolute Gasteiger partial charge is 0.326 e. The summed E-state index contributed by atoms with van der Waals surface area (Å²) in [4.78, 5) is 28.3. The molecular weight excluding hydrogens is 584 g/mol. The van der Waals surface area contributed by atoms with Gasteiger partial charge in [-0.1, -0.05) is 54.6 Å². The molecule has 224 valence electrons. The molecule has 0 bridgehead atoms. The van der Waals surface area contributed by atoms with Crippen molar-refractivity contribution in [2.45, 2.75) is 24.7 Å². The van der Waals surface area contributed by atoms with Crippen LogP contribution in [0.5, 0.6) is 5.75 Å². The second kappa shape index (κ2) is 14.5. The Morgan fingerprint density at radius 2 is 1.61 bits per heavy atom. The van der Waals surface area contributed by atoms with Crippen LogP contribution in [0.15, 0.2) is 108 Å². The lowest BCUT2D eigenvalue weighted by Crippen LogP contribution is -2.36. The van der Waals surface area contributed by atoms with Crippen LogP contribution in [-0.4, -0.2) is 39.8 Å². The number of hydrogen-bond acceptors (Lipinski definition) is 6. The van der Waals surface area contributed by atoms with Crippen LogP contribution in [0.3, 0.4) is 0 Å². The van der Waals surface area contributed by atoms with E-state index in [9.17, 15) is 18.4 Å². The molecule has 5 rings (SSSR count). The molecule has 0 unspecified atom stereocenters. The van der Waals surface area contributed by atoms with Crippen molar-refractivity contribution in [1.82, 2.24) is 15.1 Å². The summed E-state index contributed by atoms with van der Waals surface area (Å²) in [5, 5.41) is 6.77. The van der Waals surface area contributed by atoms with Gasteiger partial charge in [-0.15, -0.1) is 11.8 Å². The Balaban J connectivity index is 1.24. The number of nitrogens with zero attached hydrogens (tertiary/aromatic N) is 2. The molecule has 1 N–H and O–H groups in total. The number of aromatic nitrogens is 2. The molecule has 7 nitrogen and oxygen atoms in total. The quantitative estimate of drug-likeness (QED) is 0.120. The van der Waals surface area contributed by atoms with Gasteiger partial charge in [-0.3, -0.25) is 14.7 Å². The number of benzene rings is 4. The first-order valence-electron chi connectivity index (χ1n) is 13.7. The van der Waals surface area contributed by atoms with Gasteiger partial charge in [-0.2, -0.15) is 5.10 Å². The van der Waals surface area contributed by atoms with Gasteiger partial charge in [-0.05, 0) is 71.0 Å². The molecule has 0 atom stereocenters. The zero-order valence-corrected chi connectivity index (χ0v) is 24.7. The highest BCUT2D eigenvalue weighted by Crippen LogP contribution is 2.33. The van der Waals surface area contributed by atoms with E-state index >= 15 is 0 Å². The van der Waals surface area contributed by atoms with Crippen molar-refractivity contribution in [2.24, 2.45) is 0 Å². The zero-order chi connectivity index (χ0) is 30.9. The predicted molar refractivity (Wildman–Crippen MR) is 164 cm³/mol. The predicted octanol–water partition coefficient (Wildman–Crippen LogP) is 7.04. The normalized spacial score (nSPS) is 10.8. The van der Waals surface area contributed by atoms with Crippen molar-refractivity contribution in [2.75, 3.05) is 12.8 Å². The molecule has 44 heavy (non-hydrogen) atoms. The summed E-state index contributed by atoms with van der Waals surface area (Å²) in [6.07, 6.45) is 3.39. The third-order valence-corrected chi connectivity index (χ3v) is 7.53. The molecule has 1 aromatic heterocycles. The molecule has 1 amide bonds. The Morgan fingerprint density at radius 3 is 2.34 bits per heavy atom. The third kappa shape index (κ3) is 7.90. The summed E-state index contributed by atoms with van der Waals surface area (Å²) in [6, 6.07) is 27.5. The van der Waals surface area contributed by atoms with Crippen LogP contribution < -0.4 is 4.74 Å². The molecule has 0 saturated heterocycles. The maximum absolute atomic E-state index is 13.9. The highest BCUT2D eigenvalue weighted by Gasteiger charge is 2.21. The molecule has 4 aromatic carbocycles. The summed E-state index contributed by atoms with van der Waals surface area (Å²) < 4.78 is 39.0. The fourth-order valence-electron chi connectivity index (χ4n) is 4.51. The lowest BCUT2D eigenvalue weighted by molar-refractivity contribution is -0.145. The fourth-order valence-corrected chi connectivity index (χ4v) is 5.13. The fraction of sp³-hybridized carbons (Fsp3) is 0.147.